The third-order valence-electron chi connectivity index (χ3n) is 2.91. The normalized spacial score (nSPS) is 22.2. The van der Waals surface area contributed by atoms with Gasteiger partial charge in [0, 0.05) is 12.1 Å². The van der Waals surface area contributed by atoms with E-state index in [-0.39, 0.29) is 35.7 Å². The van der Waals surface area contributed by atoms with Gasteiger partial charge in [-0.15, -0.1) is 0 Å². The van der Waals surface area contributed by atoms with Gasteiger partial charge in [-0.2, -0.15) is 0 Å². The number of carbonyl (C=O) groups is 1. The number of ether oxygens (including phenoxy) is 1. The maximum Gasteiger partial charge on any atom is 0.273 e. The fourth-order valence-electron chi connectivity index (χ4n) is 1.81. The number of anilines is 1. The Balaban J connectivity index is 2.11. The molecule has 0 radical (unpaired) electrons. The number of benzene rings is 1. The van der Waals surface area contributed by atoms with Crippen LogP contribution in [0.3, 0.4) is 0 Å². The molecular weight excluding hydrogens is 254 g/mol. The van der Waals surface area contributed by atoms with Crippen LogP contribution in [0.1, 0.15) is 0 Å². The van der Waals surface area contributed by atoms with Crippen molar-refractivity contribution in [1.29, 1.82) is 0 Å². The molecule has 1 aliphatic heterocycles. The van der Waals surface area contributed by atoms with Crippen LogP contribution in [0, 0.1) is 16.0 Å². The van der Waals surface area contributed by atoms with Crippen molar-refractivity contribution in [3.63, 3.8) is 0 Å². The number of hydrogen-bond acceptors (Lipinski definition) is 6. The molecular formula is C11H13N3O5. The highest BCUT2D eigenvalue weighted by Crippen LogP contribution is 2.28. The molecule has 0 bridgehead atoms. The summed E-state index contributed by atoms with van der Waals surface area (Å²) >= 11 is 0. The second-order valence-electron chi connectivity index (χ2n) is 4.26. The zero-order valence-corrected chi connectivity index (χ0v) is 9.91. The van der Waals surface area contributed by atoms with Crippen LogP contribution in [0.25, 0.3) is 0 Å². The summed E-state index contributed by atoms with van der Waals surface area (Å²) in [6, 6.07) is 3.05. The number of phenolic OH excluding ortho intramolecular Hbond substituents is 1. The minimum absolute atomic E-state index is 0.106. The summed E-state index contributed by atoms with van der Waals surface area (Å²) in [6.07, 6.45) is 0. The molecule has 2 atom stereocenters. The van der Waals surface area contributed by atoms with Gasteiger partial charge in [0.05, 0.1) is 35.8 Å². The highest BCUT2D eigenvalue weighted by Gasteiger charge is 2.31. The Labute approximate surface area is 108 Å². The molecule has 1 aliphatic rings. The number of non-ortho nitro benzene ring substituents is 1. The Bertz CT molecular complexity index is 519. The lowest BCUT2D eigenvalue weighted by molar-refractivity contribution is -0.384. The number of aromatic hydroxyl groups is 1. The van der Waals surface area contributed by atoms with E-state index in [0.717, 1.165) is 6.07 Å². The highest BCUT2D eigenvalue weighted by atomic mass is 16.6. The van der Waals surface area contributed by atoms with Crippen molar-refractivity contribution < 1.29 is 19.6 Å². The number of nitrogens with one attached hydrogen (secondary N) is 1. The third-order valence-corrected chi connectivity index (χ3v) is 2.91. The summed E-state index contributed by atoms with van der Waals surface area (Å²) in [4.78, 5) is 21.8. The SMILES string of the molecule is NC1COCC1C(=O)Nc1ccc([N+](=O)[O-])cc1O. The van der Waals surface area contributed by atoms with E-state index in [0.29, 0.717) is 6.61 Å². The van der Waals surface area contributed by atoms with Crippen molar-refractivity contribution in [2.24, 2.45) is 11.7 Å². The molecule has 1 aromatic rings. The molecule has 0 aliphatic carbocycles. The first-order valence-electron chi connectivity index (χ1n) is 5.60. The molecule has 0 spiro atoms. The van der Waals surface area contributed by atoms with Gasteiger partial charge in [0.25, 0.3) is 5.69 Å². The molecule has 1 saturated heterocycles. The van der Waals surface area contributed by atoms with Crippen molar-refractivity contribution in [3.05, 3.63) is 28.3 Å². The summed E-state index contributed by atoms with van der Waals surface area (Å²) in [5.41, 5.74) is 5.55. The Morgan fingerprint density at radius 2 is 2.26 bits per heavy atom. The van der Waals surface area contributed by atoms with Crippen LogP contribution in [0.2, 0.25) is 0 Å². The fraction of sp³-hybridized carbons (Fsp3) is 0.364. The first-order chi connectivity index (χ1) is 8.99. The lowest BCUT2D eigenvalue weighted by Crippen LogP contribution is -2.37. The van der Waals surface area contributed by atoms with Crippen molar-refractivity contribution in [3.8, 4) is 5.75 Å². The number of hydrogen-bond donors (Lipinski definition) is 3. The quantitative estimate of drug-likeness (QED) is 0.408. The zero-order valence-electron chi connectivity index (χ0n) is 9.91. The van der Waals surface area contributed by atoms with Crippen LogP contribution in [-0.2, 0) is 9.53 Å². The fourth-order valence-corrected chi connectivity index (χ4v) is 1.81. The van der Waals surface area contributed by atoms with Gasteiger partial charge in [0.1, 0.15) is 5.75 Å². The third kappa shape index (κ3) is 2.80. The molecule has 1 aromatic carbocycles. The maximum absolute atomic E-state index is 11.9. The maximum atomic E-state index is 11.9. The van der Waals surface area contributed by atoms with Gasteiger partial charge in [-0.05, 0) is 6.07 Å². The standard InChI is InChI=1S/C11H13N3O5/c12-8-5-19-4-7(8)11(16)13-9-2-1-6(14(17)18)3-10(9)15/h1-3,7-8,15H,4-5,12H2,(H,13,16). The number of nitro groups is 1. The molecule has 8 nitrogen and oxygen atoms in total. The van der Waals surface area contributed by atoms with E-state index in [4.69, 9.17) is 10.5 Å². The summed E-state index contributed by atoms with van der Waals surface area (Å²) in [5, 5.41) is 22.6. The number of amides is 1. The first-order valence-corrected chi connectivity index (χ1v) is 5.60. The van der Waals surface area contributed by atoms with Gasteiger partial charge in [0.15, 0.2) is 0 Å². The van der Waals surface area contributed by atoms with Crippen molar-refractivity contribution in [2.45, 2.75) is 6.04 Å². The Morgan fingerprint density at radius 3 is 2.79 bits per heavy atom. The topological polar surface area (TPSA) is 128 Å². The van der Waals surface area contributed by atoms with Crippen LogP contribution in [0.5, 0.6) is 5.75 Å². The summed E-state index contributed by atoms with van der Waals surface area (Å²) in [6.45, 7) is 0.533. The minimum Gasteiger partial charge on any atom is -0.506 e. The number of nitro benzene ring substituents is 1. The number of nitrogens with zero attached hydrogens (tertiary/aromatic N) is 1. The largest absolute Gasteiger partial charge is 0.506 e. The number of rotatable bonds is 3. The van der Waals surface area contributed by atoms with E-state index >= 15 is 0 Å². The average molecular weight is 267 g/mol. The molecule has 2 unspecified atom stereocenters. The molecule has 4 N–H and O–H groups in total. The number of phenols is 1. The molecule has 19 heavy (non-hydrogen) atoms. The van der Waals surface area contributed by atoms with Crippen LogP contribution < -0.4 is 11.1 Å². The van der Waals surface area contributed by atoms with E-state index in [1.54, 1.807) is 0 Å². The van der Waals surface area contributed by atoms with E-state index in [1.807, 2.05) is 0 Å². The van der Waals surface area contributed by atoms with Gasteiger partial charge in [0.2, 0.25) is 5.91 Å². The molecule has 1 heterocycles. The molecule has 8 heteroatoms. The van der Waals surface area contributed by atoms with Crippen molar-refractivity contribution >= 4 is 17.3 Å². The predicted octanol–water partition coefficient (Wildman–Crippen LogP) is 0.213. The Kier molecular flexibility index (Phi) is 3.63. The van der Waals surface area contributed by atoms with Gasteiger partial charge >= 0.3 is 0 Å². The second-order valence-corrected chi connectivity index (χ2v) is 4.26. The van der Waals surface area contributed by atoms with Crippen LogP contribution >= 0.6 is 0 Å². The number of nitrogens with two attached hydrogens (primary N) is 1. The van der Waals surface area contributed by atoms with E-state index in [2.05, 4.69) is 5.32 Å². The second kappa shape index (κ2) is 5.21. The molecule has 0 aromatic heterocycles. The molecule has 1 amide bonds. The van der Waals surface area contributed by atoms with Gasteiger partial charge < -0.3 is 20.9 Å². The average Bonchev–Trinajstić information content (AvgIpc) is 2.77. The van der Waals surface area contributed by atoms with Crippen LogP contribution in [-0.4, -0.2) is 35.2 Å². The van der Waals surface area contributed by atoms with Gasteiger partial charge in [-0.3, -0.25) is 14.9 Å². The molecule has 0 saturated carbocycles. The highest BCUT2D eigenvalue weighted by molar-refractivity contribution is 5.94. The summed E-state index contributed by atoms with van der Waals surface area (Å²) in [5.74, 6) is -1.24. The van der Waals surface area contributed by atoms with E-state index < -0.39 is 10.8 Å². The van der Waals surface area contributed by atoms with Crippen LogP contribution in [0.4, 0.5) is 11.4 Å². The molecule has 102 valence electrons. The van der Waals surface area contributed by atoms with Crippen molar-refractivity contribution in [2.75, 3.05) is 18.5 Å². The van der Waals surface area contributed by atoms with E-state index in [1.165, 1.54) is 12.1 Å². The Hall–Kier alpha value is -2.19. The monoisotopic (exact) mass is 267 g/mol. The van der Waals surface area contributed by atoms with Gasteiger partial charge in [-0.25, -0.2) is 0 Å². The lowest BCUT2D eigenvalue weighted by Gasteiger charge is -2.13. The Morgan fingerprint density at radius 1 is 1.53 bits per heavy atom. The van der Waals surface area contributed by atoms with Gasteiger partial charge in [-0.1, -0.05) is 0 Å². The van der Waals surface area contributed by atoms with E-state index in [9.17, 15) is 20.0 Å². The zero-order chi connectivity index (χ0) is 14.0. The predicted molar refractivity (Wildman–Crippen MR) is 65.7 cm³/mol. The minimum atomic E-state index is -0.633. The smallest absolute Gasteiger partial charge is 0.273 e. The lowest BCUT2D eigenvalue weighted by atomic mass is 10.0. The molecule has 1 fully saturated rings. The van der Waals surface area contributed by atoms with Crippen LogP contribution in [0.15, 0.2) is 18.2 Å². The molecule has 2 rings (SSSR count). The van der Waals surface area contributed by atoms with Crippen molar-refractivity contribution in [1.82, 2.24) is 0 Å². The summed E-state index contributed by atoms with van der Waals surface area (Å²) in [7, 11) is 0. The number of carbonyl (C=O) groups excluding carboxylic acids is 1. The summed E-state index contributed by atoms with van der Waals surface area (Å²) < 4.78 is 5.07. The first kappa shape index (κ1) is 13.2.